The van der Waals surface area contributed by atoms with Gasteiger partial charge in [-0.15, -0.1) is 0 Å². The highest BCUT2D eigenvalue weighted by atomic mass is 16.5. The van der Waals surface area contributed by atoms with Gasteiger partial charge in [-0.3, -0.25) is 4.79 Å². The Bertz CT molecular complexity index is 505. The number of hydrogen-bond donors (Lipinski definition) is 2. The second-order valence-electron chi connectivity index (χ2n) is 4.85. The number of carbonyl (C=O) groups excluding carboxylic acids is 2. The van der Waals surface area contributed by atoms with Gasteiger partial charge in [0.15, 0.2) is 0 Å². The van der Waals surface area contributed by atoms with Crippen LogP contribution in [0.4, 0.5) is 5.69 Å². The zero-order valence-electron chi connectivity index (χ0n) is 12.9. The summed E-state index contributed by atoms with van der Waals surface area (Å²) in [6.07, 6.45) is 0.349. The van der Waals surface area contributed by atoms with Crippen LogP contribution >= 0.6 is 0 Å². The van der Waals surface area contributed by atoms with Gasteiger partial charge in [-0.1, -0.05) is 0 Å². The third-order valence-corrected chi connectivity index (χ3v) is 3.26. The smallest absolute Gasteiger partial charge is 0.328 e. The van der Waals surface area contributed by atoms with Crippen molar-refractivity contribution in [1.82, 2.24) is 5.32 Å². The Hall–Kier alpha value is -2.08. The van der Waals surface area contributed by atoms with E-state index in [0.717, 1.165) is 11.1 Å². The van der Waals surface area contributed by atoms with Crippen LogP contribution in [-0.4, -0.2) is 38.7 Å². The first-order valence-corrected chi connectivity index (χ1v) is 6.65. The molecule has 0 aliphatic carbocycles. The molecular formula is C15H22N2O4. The molecule has 21 heavy (non-hydrogen) atoms. The number of rotatable bonds is 6. The van der Waals surface area contributed by atoms with E-state index >= 15 is 0 Å². The molecule has 1 aromatic carbocycles. The number of ether oxygens (including phenoxy) is 2. The van der Waals surface area contributed by atoms with Crippen molar-refractivity contribution in [3.8, 4) is 0 Å². The highest BCUT2D eigenvalue weighted by molar-refractivity contribution is 5.97. The Labute approximate surface area is 124 Å². The number of carbonyl (C=O) groups is 2. The number of amides is 1. The van der Waals surface area contributed by atoms with Crippen molar-refractivity contribution in [3.05, 3.63) is 28.8 Å². The number of nitrogens with one attached hydrogen (secondary N) is 1. The first-order chi connectivity index (χ1) is 9.90. The van der Waals surface area contributed by atoms with Crippen LogP contribution in [0.5, 0.6) is 0 Å². The molecule has 1 atom stereocenters. The SMILES string of the molecule is COCC[C@@H](NC(=O)c1cc(C)c(N)c(C)c1)C(=O)OC. The molecule has 1 rings (SSSR count). The lowest BCUT2D eigenvalue weighted by molar-refractivity contribution is -0.143. The molecule has 1 amide bonds. The summed E-state index contributed by atoms with van der Waals surface area (Å²) < 4.78 is 9.62. The number of aryl methyl sites for hydroxylation is 2. The molecule has 0 aliphatic heterocycles. The van der Waals surface area contributed by atoms with Crippen molar-refractivity contribution in [3.63, 3.8) is 0 Å². The third-order valence-electron chi connectivity index (χ3n) is 3.26. The van der Waals surface area contributed by atoms with Crippen LogP contribution in [0.3, 0.4) is 0 Å². The molecule has 6 nitrogen and oxygen atoms in total. The maximum Gasteiger partial charge on any atom is 0.328 e. The molecule has 3 N–H and O–H groups in total. The summed E-state index contributed by atoms with van der Waals surface area (Å²) in [7, 11) is 2.81. The van der Waals surface area contributed by atoms with Gasteiger partial charge in [-0.25, -0.2) is 4.79 Å². The second-order valence-corrected chi connectivity index (χ2v) is 4.85. The zero-order valence-corrected chi connectivity index (χ0v) is 12.9. The molecule has 0 bridgehead atoms. The molecular weight excluding hydrogens is 272 g/mol. The van der Waals surface area contributed by atoms with Gasteiger partial charge < -0.3 is 20.5 Å². The van der Waals surface area contributed by atoms with Crippen molar-refractivity contribution < 1.29 is 19.1 Å². The van der Waals surface area contributed by atoms with Crippen LogP contribution < -0.4 is 11.1 Å². The standard InChI is InChI=1S/C15H22N2O4/c1-9-7-11(8-10(2)13(9)16)14(18)17-12(5-6-20-3)15(19)21-4/h7-8,12H,5-6,16H2,1-4H3,(H,17,18)/t12-/m1/s1. The van der Waals surface area contributed by atoms with Gasteiger partial charge in [0.25, 0.3) is 5.91 Å². The molecule has 0 radical (unpaired) electrons. The van der Waals surface area contributed by atoms with E-state index in [9.17, 15) is 9.59 Å². The molecule has 0 saturated carbocycles. The predicted octanol–water partition coefficient (Wildman–Crippen LogP) is 1.19. The lowest BCUT2D eigenvalue weighted by Crippen LogP contribution is -2.42. The van der Waals surface area contributed by atoms with Gasteiger partial charge in [-0.05, 0) is 37.1 Å². The first kappa shape index (κ1) is 17.0. The number of nitrogens with two attached hydrogens (primary N) is 1. The van der Waals surface area contributed by atoms with Crippen LogP contribution in [0, 0.1) is 13.8 Å². The molecule has 0 aromatic heterocycles. The number of nitrogen functional groups attached to an aromatic ring is 1. The van der Waals surface area contributed by atoms with E-state index in [0.29, 0.717) is 24.3 Å². The lowest BCUT2D eigenvalue weighted by atomic mass is 10.0. The normalized spacial score (nSPS) is 11.8. The summed E-state index contributed by atoms with van der Waals surface area (Å²) in [6.45, 7) is 4.02. The number of esters is 1. The highest BCUT2D eigenvalue weighted by Crippen LogP contribution is 2.18. The zero-order chi connectivity index (χ0) is 16.0. The molecule has 0 spiro atoms. The van der Waals surface area contributed by atoms with Crippen LogP contribution in [-0.2, 0) is 14.3 Å². The van der Waals surface area contributed by atoms with Crippen molar-refractivity contribution in [2.45, 2.75) is 26.3 Å². The van der Waals surface area contributed by atoms with Crippen LogP contribution in [0.2, 0.25) is 0 Å². The monoisotopic (exact) mass is 294 g/mol. The maximum absolute atomic E-state index is 12.3. The Morgan fingerprint density at radius 2 is 1.81 bits per heavy atom. The first-order valence-electron chi connectivity index (χ1n) is 6.65. The predicted molar refractivity (Wildman–Crippen MR) is 80.1 cm³/mol. The van der Waals surface area contributed by atoms with Crippen molar-refractivity contribution >= 4 is 17.6 Å². The molecule has 0 fully saturated rings. The number of benzene rings is 1. The minimum atomic E-state index is -0.736. The average molecular weight is 294 g/mol. The molecule has 116 valence electrons. The minimum absolute atomic E-state index is 0.340. The van der Waals surface area contributed by atoms with E-state index in [1.807, 2.05) is 13.8 Å². The van der Waals surface area contributed by atoms with E-state index in [2.05, 4.69) is 10.1 Å². The van der Waals surface area contributed by atoms with Gasteiger partial charge in [0.05, 0.1) is 7.11 Å². The van der Waals surface area contributed by atoms with E-state index in [4.69, 9.17) is 10.5 Å². The van der Waals surface area contributed by atoms with Gasteiger partial charge in [-0.2, -0.15) is 0 Å². The van der Waals surface area contributed by atoms with Gasteiger partial charge in [0.1, 0.15) is 6.04 Å². The maximum atomic E-state index is 12.3. The van der Waals surface area contributed by atoms with Gasteiger partial charge in [0.2, 0.25) is 0 Å². The van der Waals surface area contributed by atoms with Crippen LogP contribution in [0.15, 0.2) is 12.1 Å². The summed E-state index contributed by atoms with van der Waals surface area (Å²) in [5, 5.41) is 2.66. The largest absolute Gasteiger partial charge is 0.467 e. The fourth-order valence-corrected chi connectivity index (χ4v) is 1.97. The minimum Gasteiger partial charge on any atom is -0.467 e. The summed E-state index contributed by atoms with van der Waals surface area (Å²) in [6, 6.07) is 2.66. The van der Waals surface area contributed by atoms with E-state index in [-0.39, 0.29) is 5.91 Å². The van der Waals surface area contributed by atoms with Crippen LogP contribution in [0.1, 0.15) is 27.9 Å². The summed E-state index contributed by atoms with van der Waals surface area (Å²) >= 11 is 0. The number of hydrogen-bond acceptors (Lipinski definition) is 5. The summed E-state index contributed by atoms with van der Waals surface area (Å²) in [4.78, 5) is 23.9. The summed E-state index contributed by atoms with van der Waals surface area (Å²) in [5.74, 6) is -0.836. The van der Waals surface area contributed by atoms with Gasteiger partial charge >= 0.3 is 5.97 Å². The Kier molecular flexibility index (Phi) is 6.17. The highest BCUT2D eigenvalue weighted by Gasteiger charge is 2.22. The second kappa shape index (κ2) is 7.64. The van der Waals surface area contributed by atoms with Crippen molar-refractivity contribution in [2.75, 3.05) is 26.6 Å². The lowest BCUT2D eigenvalue weighted by Gasteiger charge is -2.17. The van der Waals surface area contributed by atoms with E-state index in [1.165, 1.54) is 14.2 Å². The molecule has 0 heterocycles. The van der Waals surface area contributed by atoms with E-state index < -0.39 is 12.0 Å². The topological polar surface area (TPSA) is 90.6 Å². The fraction of sp³-hybridized carbons (Fsp3) is 0.467. The molecule has 0 aliphatic rings. The van der Waals surface area contributed by atoms with Crippen molar-refractivity contribution in [1.29, 1.82) is 0 Å². The quantitative estimate of drug-likeness (QED) is 0.607. The fourth-order valence-electron chi connectivity index (χ4n) is 1.97. The molecule has 0 unspecified atom stereocenters. The Morgan fingerprint density at radius 1 is 1.24 bits per heavy atom. The van der Waals surface area contributed by atoms with Crippen molar-refractivity contribution in [2.24, 2.45) is 0 Å². The van der Waals surface area contributed by atoms with Gasteiger partial charge in [0, 0.05) is 31.4 Å². The Balaban J connectivity index is 2.88. The average Bonchev–Trinajstić information content (AvgIpc) is 2.47. The molecule has 6 heteroatoms. The van der Waals surface area contributed by atoms with E-state index in [1.54, 1.807) is 12.1 Å². The number of methoxy groups -OCH3 is 2. The summed E-state index contributed by atoms with van der Waals surface area (Å²) in [5.41, 5.74) is 8.64. The third kappa shape index (κ3) is 4.46. The molecule has 0 saturated heterocycles. The number of anilines is 1. The van der Waals surface area contributed by atoms with Crippen LogP contribution in [0.25, 0.3) is 0 Å². The molecule has 1 aromatic rings. The Morgan fingerprint density at radius 3 is 2.29 bits per heavy atom.